The van der Waals surface area contributed by atoms with Gasteiger partial charge in [-0.25, -0.2) is 0 Å². The highest BCUT2D eigenvalue weighted by molar-refractivity contribution is 5.57. The lowest BCUT2D eigenvalue weighted by molar-refractivity contribution is -0.274. The second-order valence-corrected chi connectivity index (χ2v) is 2.71. The summed E-state index contributed by atoms with van der Waals surface area (Å²) in [5.74, 6) is -0.331. The summed E-state index contributed by atoms with van der Waals surface area (Å²) < 4.78 is 38.8. The van der Waals surface area contributed by atoms with Crippen LogP contribution in [0.2, 0.25) is 0 Å². The van der Waals surface area contributed by atoms with Gasteiger partial charge in [0.05, 0.1) is 11.9 Å². The van der Waals surface area contributed by atoms with Crippen LogP contribution in [-0.2, 0) is 0 Å². The molecule has 0 fully saturated rings. The Labute approximate surface area is 79.0 Å². The van der Waals surface area contributed by atoms with E-state index in [0.29, 0.717) is 11.3 Å². The molecule has 1 rings (SSSR count). The summed E-state index contributed by atoms with van der Waals surface area (Å²) in [6, 6.07) is 2.62. The summed E-state index contributed by atoms with van der Waals surface area (Å²) in [7, 11) is 0. The Morgan fingerprint density at radius 2 is 2.07 bits per heavy atom. The lowest BCUT2D eigenvalue weighted by atomic mass is 10.2. The number of rotatable bonds is 2. The van der Waals surface area contributed by atoms with Crippen molar-refractivity contribution in [2.75, 3.05) is 0 Å². The summed E-state index contributed by atoms with van der Waals surface area (Å²) in [4.78, 5) is 3.74. The first-order valence-corrected chi connectivity index (χ1v) is 3.76. The van der Waals surface area contributed by atoms with Gasteiger partial charge >= 0.3 is 6.36 Å². The number of alkyl halides is 3. The highest BCUT2D eigenvalue weighted by Crippen LogP contribution is 2.22. The van der Waals surface area contributed by atoms with E-state index >= 15 is 0 Å². The average molecular weight is 203 g/mol. The maximum absolute atomic E-state index is 11.7. The van der Waals surface area contributed by atoms with Gasteiger partial charge in [-0.2, -0.15) is 0 Å². The Bertz CT molecular complexity index is 329. The smallest absolute Gasteiger partial charge is 0.404 e. The molecular weight excluding hydrogens is 195 g/mol. The van der Waals surface area contributed by atoms with Crippen molar-refractivity contribution < 1.29 is 17.9 Å². The molecule has 0 amide bonds. The van der Waals surface area contributed by atoms with Gasteiger partial charge < -0.3 is 4.74 Å². The van der Waals surface area contributed by atoms with Crippen LogP contribution in [0.5, 0.6) is 5.75 Å². The predicted molar refractivity (Wildman–Crippen MR) is 45.6 cm³/mol. The maximum Gasteiger partial charge on any atom is 0.573 e. The van der Waals surface area contributed by atoms with Gasteiger partial charge in [-0.05, 0) is 24.6 Å². The SMILES string of the molecule is C=C(C)c1ccc(OC(F)(F)F)cn1. The van der Waals surface area contributed by atoms with E-state index in [9.17, 15) is 13.2 Å². The van der Waals surface area contributed by atoms with Crippen molar-refractivity contribution in [2.24, 2.45) is 0 Å². The fourth-order valence-corrected chi connectivity index (χ4v) is 0.827. The lowest BCUT2D eigenvalue weighted by Crippen LogP contribution is -2.17. The van der Waals surface area contributed by atoms with E-state index in [-0.39, 0.29) is 5.75 Å². The summed E-state index contributed by atoms with van der Waals surface area (Å²) in [6.07, 6.45) is -3.66. The molecule has 1 aromatic heterocycles. The Morgan fingerprint density at radius 1 is 1.43 bits per heavy atom. The van der Waals surface area contributed by atoms with E-state index in [4.69, 9.17) is 0 Å². The summed E-state index contributed by atoms with van der Waals surface area (Å²) >= 11 is 0. The van der Waals surface area contributed by atoms with E-state index in [0.717, 1.165) is 6.20 Å². The molecule has 0 bridgehead atoms. The Hall–Kier alpha value is -1.52. The fourth-order valence-electron chi connectivity index (χ4n) is 0.827. The Kier molecular flexibility index (Phi) is 2.78. The number of nitrogens with zero attached hydrogens (tertiary/aromatic N) is 1. The van der Waals surface area contributed by atoms with Crippen LogP contribution in [0.3, 0.4) is 0 Å². The van der Waals surface area contributed by atoms with E-state index in [1.54, 1.807) is 6.92 Å². The van der Waals surface area contributed by atoms with Crippen LogP contribution in [0, 0.1) is 0 Å². The van der Waals surface area contributed by atoms with E-state index in [1.807, 2.05) is 0 Å². The minimum Gasteiger partial charge on any atom is -0.404 e. The monoisotopic (exact) mass is 203 g/mol. The summed E-state index contributed by atoms with van der Waals surface area (Å²) in [6.45, 7) is 5.32. The number of allylic oxidation sites excluding steroid dienone is 1. The van der Waals surface area contributed by atoms with Crippen molar-refractivity contribution in [3.05, 3.63) is 30.6 Å². The van der Waals surface area contributed by atoms with Gasteiger partial charge in [0, 0.05) is 0 Å². The van der Waals surface area contributed by atoms with Crippen molar-refractivity contribution in [3.8, 4) is 5.75 Å². The van der Waals surface area contributed by atoms with Crippen LogP contribution in [0.15, 0.2) is 24.9 Å². The number of hydrogen-bond acceptors (Lipinski definition) is 2. The molecule has 1 heterocycles. The first-order chi connectivity index (χ1) is 6.38. The first-order valence-electron chi connectivity index (χ1n) is 3.76. The molecule has 0 aromatic carbocycles. The second-order valence-electron chi connectivity index (χ2n) is 2.71. The van der Waals surface area contributed by atoms with Crippen molar-refractivity contribution in [1.82, 2.24) is 4.98 Å². The number of ether oxygens (including phenoxy) is 1. The van der Waals surface area contributed by atoms with Gasteiger partial charge in [-0.3, -0.25) is 4.98 Å². The molecule has 0 aliphatic rings. The molecule has 76 valence electrons. The number of aromatic nitrogens is 1. The molecule has 1 aromatic rings. The first kappa shape index (κ1) is 10.6. The molecular formula is C9H8F3NO. The lowest BCUT2D eigenvalue weighted by Gasteiger charge is -2.08. The number of pyridine rings is 1. The third-order valence-corrected chi connectivity index (χ3v) is 1.41. The van der Waals surface area contributed by atoms with Gasteiger partial charge in [0.25, 0.3) is 0 Å². The normalized spacial score (nSPS) is 11.1. The van der Waals surface area contributed by atoms with E-state index in [1.165, 1.54) is 12.1 Å². The molecule has 2 nitrogen and oxygen atoms in total. The minimum absolute atomic E-state index is 0.331. The molecule has 0 aliphatic heterocycles. The second kappa shape index (κ2) is 3.69. The molecule has 0 atom stereocenters. The average Bonchev–Trinajstić information content (AvgIpc) is 2.02. The van der Waals surface area contributed by atoms with Crippen molar-refractivity contribution in [1.29, 1.82) is 0 Å². The van der Waals surface area contributed by atoms with Crippen LogP contribution >= 0.6 is 0 Å². The molecule has 0 saturated heterocycles. The fraction of sp³-hybridized carbons (Fsp3) is 0.222. The summed E-state index contributed by atoms with van der Waals surface area (Å²) in [5.41, 5.74) is 1.23. The molecule has 0 spiro atoms. The van der Waals surface area contributed by atoms with Gasteiger partial charge in [0.1, 0.15) is 5.75 Å². The Balaban J connectivity index is 2.79. The maximum atomic E-state index is 11.7. The largest absolute Gasteiger partial charge is 0.573 e. The molecule has 0 radical (unpaired) electrons. The highest BCUT2D eigenvalue weighted by atomic mass is 19.4. The molecule has 0 saturated carbocycles. The van der Waals surface area contributed by atoms with Gasteiger partial charge in [0.15, 0.2) is 0 Å². The van der Waals surface area contributed by atoms with Crippen LogP contribution in [0.1, 0.15) is 12.6 Å². The van der Waals surface area contributed by atoms with Crippen LogP contribution in [-0.4, -0.2) is 11.3 Å². The third kappa shape index (κ3) is 3.08. The summed E-state index contributed by atoms with van der Waals surface area (Å²) in [5, 5.41) is 0. The zero-order valence-electron chi connectivity index (χ0n) is 7.43. The molecule has 5 heteroatoms. The number of halogens is 3. The third-order valence-electron chi connectivity index (χ3n) is 1.41. The standard InChI is InChI=1S/C9H8F3NO/c1-6(2)8-4-3-7(5-13-8)14-9(10,11)12/h3-5H,1H2,2H3. The van der Waals surface area contributed by atoms with E-state index in [2.05, 4.69) is 16.3 Å². The van der Waals surface area contributed by atoms with Gasteiger partial charge in [0.2, 0.25) is 0 Å². The number of hydrogen-bond donors (Lipinski definition) is 0. The quantitative estimate of drug-likeness (QED) is 0.737. The molecule has 14 heavy (non-hydrogen) atoms. The van der Waals surface area contributed by atoms with Crippen molar-refractivity contribution >= 4 is 5.57 Å². The van der Waals surface area contributed by atoms with Gasteiger partial charge in [-0.15, -0.1) is 13.2 Å². The van der Waals surface area contributed by atoms with Crippen LogP contribution in [0.25, 0.3) is 5.57 Å². The molecule has 0 N–H and O–H groups in total. The minimum atomic E-state index is -4.67. The topological polar surface area (TPSA) is 22.1 Å². The van der Waals surface area contributed by atoms with Crippen molar-refractivity contribution in [2.45, 2.75) is 13.3 Å². The molecule has 0 unspecified atom stereocenters. The predicted octanol–water partition coefficient (Wildman–Crippen LogP) is 3.01. The van der Waals surface area contributed by atoms with Crippen LogP contribution in [0.4, 0.5) is 13.2 Å². The van der Waals surface area contributed by atoms with Crippen LogP contribution < -0.4 is 4.74 Å². The van der Waals surface area contributed by atoms with Gasteiger partial charge in [-0.1, -0.05) is 6.58 Å². The molecule has 0 aliphatic carbocycles. The van der Waals surface area contributed by atoms with Crippen molar-refractivity contribution in [3.63, 3.8) is 0 Å². The zero-order chi connectivity index (χ0) is 10.8. The zero-order valence-corrected chi connectivity index (χ0v) is 7.43. The Morgan fingerprint density at radius 3 is 2.43 bits per heavy atom. The van der Waals surface area contributed by atoms with E-state index < -0.39 is 6.36 Å². The highest BCUT2D eigenvalue weighted by Gasteiger charge is 2.31.